The summed E-state index contributed by atoms with van der Waals surface area (Å²) in [6.45, 7) is 0. The third-order valence-corrected chi connectivity index (χ3v) is 5.55. The molecule has 0 bridgehead atoms. The third-order valence-electron chi connectivity index (χ3n) is 5.55. The summed E-state index contributed by atoms with van der Waals surface area (Å²) in [5.74, 6) is 3.63. The van der Waals surface area contributed by atoms with Crippen LogP contribution in [0.5, 0.6) is 0 Å². The first kappa shape index (κ1) is 12.5. The van der Waals surface area contributed by atoms with E-state index in [1.54, 1.807) is 0 Å². The fourth-order valence-corrected chi connectivity index (χ4v) is 4.60. The van der Waals surface area contributed by atoms with Crippen LogP contribution in [0.1, 0.15) is 64.2 Å². The van der Waals surface area contributed by atoms with Gasteiger partial charge in [-0.15, -0.1) is 0 Å². The van der Waals surface area contributed by atoms with Gasteiger partial charge in [0.05, 0.1) is 0 Å². The first-order chi connectivity index (χ1) is 8.95. The lowest BCUT2D eigenvalue weighted by atomic mass is 9.67. The second kappa shape index (κ2) is 6.08. The van der Waals surface area contributed by atoms with E-state index < -0.39 is 0 Å². The van der Waals surface area contributed by atoms with Crippen LogP contribution in [-0.4, -0.2) is 0 Å². The first-order valence-electron chi connectivity index (χ1n) is 8.19. The monoisotopic (exact) mass is 243 g/mol. The zero-order chi connectivity index (χ0) is 12.2. The lowest BCUT2D eigenvalue weighted by Gasteiger charge is -2.37. The van der Waals surface area contributed by atoms with E-state index in [1.807, 2.05) is 0 Å². The molecule has 0 aromatic carbocycles. The lowest BCUT2D eigenvalue weighted by molar-refractivity contribution is 0.146. The highest BCUT2D eigenvalue weighted by Crippen LogP contribution is 2.44. The Balaban J connectivity index is 1.83. The summed E-state index contributed by atoms with van der Waals surface area (Å²) in [5, 5.41) is 0. The van der Waals surface area contributed by atoms with E-state index in [-0.39, 0.29) is 0 Å². The topological polar surface area (TPSA) is 0 Å². The van der Waals surface area contributed by atoms with Crippen LogP contribution in [0.3, 0.4) is 0 Å². The molecule has 0 heterocycles. The summed E-state index contributed by atoms with van der Waals surface area (Å²) in [7, 11) is 0. The van der Waals surface area contributed by atoms with Crippen LogP contribution in [0.2, 0.25) is 0 Å². The standard InChI is InChI=1S/C18H27/c1-3-9-15-11-7-8-12-16-10-4-2-6-14-18(16)17(15)13-5-1/h1,3,5,15-18H,2,4,6-12,14H2. The molecule has 0 amide bonds. The number of fused-ring (bicyclic) bond motifs is 3. The minimum atomic E-state index is 0.767. The molecule has 0 N–H and O–H groups in total. The Morgan fingerprint density at radius 1 is 0.778 bits per heavy atom. The van der Waals surface area contributed by atoms with E-state index in [0.29, 0.717) is 0 Å². The molecule has 1 radical (unpaired) electrons. The van der Waals surface area contributed by atoms with Crippen LogP contribution in [-0.2, 0) is 0 Å². The predicted octanol–water partition coefficient (Wildman–Crippen LogP) is 5.31. The van der Waals surface area contributed by atoms with Gasteiger partial charge in [-0.1, -0.05) is 63.2 Å². The van der Waals surface area contributed by atoms with Gasteiger partial charge in [0.2, 0.25) is 0 Å². The largest absolute Gasteiger partial charge is 0.0842 e. The minimum Gasteiger partial charge on any atom is -0.0842 e. The molecule has 0 spiro atoms. The molecule has 0 aromatic heterocycles. The molecule has 0 saturated heterocycles. The van der Waals surface area contributed by atoms with Gasteiger partial charge >= 0.3 is 0 Å². The molecule has 2 fully saturated rings. The van der Waals surface area contributed by atoms with Crippen LogP contribution in [0.25, 0.3) is 0 Å². The van der Waals surface area contributed by atoms with Crippen molar-refractivity contribution in [2.45, 2.75) is 64.2 Å². The maximum atomic E-state index is 3.77. The van der Waals surface area contributed by atoms with Crippen molar-refractivity contribution >= 4 is 0 Å². The third kappa shape index (κ3) is 2.73. The minimum absolute atomic E-state index is 0.767. The Bertz CT molecular complexity index is 312. The van der Waals surface area contributed by atoms with Crippen LogP contribution in [0.4, 0.5) is 0 Å². The summed E-state index contributed by atoms with van der Waals surface area (Å²) in [6, 6.07) is 0. The van der Waals surface area contributed by atoms with Gasteiger partial charge < -0.3 is 0 Å². The highest BCUT2D eigenvalue weighted by Gasteiger charge is 2.35. The number of hydrogen-bond acceptors (Lipinski definition) is 0. The molecule has 4 atom stereocenters. The maximum Gasteiger partial charge on any atom is -0.00968 e. The fourth-order valence-electron chi connectivity index (χ4n) is 4.60. The molecule has 0 aromatic rings. The van der Waals surface area contributed by atoms with Crippen LogP contribution >= 0.6 is 0 Å². The van der Waals surface area contributed by atoms with E-state index >= 15 is 0 Å². The van der Waals surface area contributed by atoms with Gasteiger partial charge in [0.15, 0.2) is 0 Å². The molecule has 0 heteroatoms. The molecule has 18 heavy (non-hydrogen) atoms. The SMILES string of the molecule is [C]1=CC=CCC2CCCCC3CCCCCC3C12. The molecule has 4 unspecified atom stereocenters. The number of rotatable bonds is 0. The summed E-state index contributed by atoms with van der Waals surface area (Å²) in [4.78, 5) is 0. The molecular formula is C18H27. The van der Waals surface area contributed by atoms with E-state index in [0.717, 1.165) is 23.7 Å². The predicted molar refractivity (Wildman–Crippen MR) is 77.1 cm³/mol. The van der Waals surface area contributed by atoms with Crippen molar-refractivity contribution in [1.82, 2.24) is 0 Å². The summed E-state index contributed by atoms with van der Waals surface area (Å²) < 4.78 is 0. The Morgan fingerprint density at radius 2 is 1.50 bits per heavy atom. The summed E-state index contributed by atoms with van der Waals surface area (Å²) >= 11 is 0. The van der Waals surface area contributed by atoms with Gasteiger partial charge in [-0.3, -0.25) is 0 Å². The van der Waals surface area contributed by atoms with Crippen molar-refractivity contribution in [2.24, 2.45) is 23.7 Å². The quantitative estimate of drug-likeness (QED) is 0.541. The van der Waals surface area contributed by atoms with Gasteiger partial charge in [0.25, 0.3) is 0 Å². The average Bonchev–Trinajstić information content (AvgIpc) is 2.71. The van der Waals surface area contributed by atoms with E-state index in [9.17, 15) is 0 Å². The molecule has 0 nitrogen and oxygen atoms in total. The number of allylic oxidation sites excluding steroid dienone is 4. The van der Waals surface area contributed by atoms with Crippen LogP contribution < -0.4 is 0 Å². The molecule has 3 rings (SSSR count). The molecule has 2 saturated carbocycles. The highest BCUT2D eigenvalue weighted by molar-refractivity contribution is 5.07. The summed E-state index contributed by atoms with van der Waals surface area (Å²) in [6.07, 6.45) is 25.2. The Labute approximate surface area is 113 Å². The van der Waals surface area contributed by atoms with Gasteiger partial charge in [-0.25, -0.2) is 0 Å². The van der Waals surface area contributed by atoms with Gasteiger partial charge in [0.1, 0.15) is 0 Å². The first-order valence-corrected chi connectivity index (χ1v) is 8.19. The Morgan fingerprint density at radius 3 is 2.39 bits per heavy atom. The molecule has 0 aliphatic heterocycles. The normalized spacial score (nSPS) is 40.9. The molecule has 99 valence electrons. The molecule has 3 aliphatic carbocycles. The number of hydrogen-bond donors (Lipinski definition) is 0. The van der Waals surface area contributed by atoms with Gasteiger partial charge in [-0.2, -0.15) is 0 Å². The molecule has 3 aliphatic rings. The van der Waals surface area contributed by atoms with Crippen LogP contribution in [0.15, 0.2) is 18.2 Å². The van der Waals surface area contributed by atoms with E-state index in [1.165, 1.54) is 64.2 Å². The van der Waals surface area contributed by atoms with Crippen molar-refractivity contribution in [3.05, 3.63) is 24.3 Å². The zero-order valence-electron chi connectivity index (χ0n) is 11.6. The molecular weight excluding hydrogens is 216 g/mol. The Hall–Kier alpha value is -0.520. The highest BCUT2D eigenvalue weighted by atomic mass is 14.4. The second-order valence-electron chi connectivity index (χ2n) is 6.63. The van der Waals surface area contributed by atoms with Crippen molar-refractivity contribution in [3.8, 4) is 0 Å². The van der Waals surface area contributed by atoms with Crippen molar-refractivity contribution in [1.29, 1.82) is 0 Å². The van der Waals surface area contributed by atoms with Crippen molar-refractivity contribution < 1.29 is 0 Å². The smallest absolute Gasteiger partial charge is 0.00968 e. The van der Waals surface area contributed by atoms with Gasteiger partial charge in [-0.05, 0) is 49.0 Å². The van der Waals surface area contributed by atoms with Gasteiger partial charge in [0, 0.05) is 0 Å². The summed E-state index contributed by atoms with van der Waals surface area (Å²) in [5.41, 5.74) is 0. The van der Waals surface area contributed by atoms with E-state index in [4.69, 9.17) is 0 Å². The fraction of sp³-hybridized carbons (Fsp3) is 0.778. The van der Waals surface area contributed by atoms with Crippen molar-refractivity contribution in [2.75, 3.05) is 0 Å². The lowest BCUT2D eigenvalue weighted by Crippen LogP contribution is -2.29. The zero-order valence-corrected chi connectivity index (χ0v) is 11.6. The van der Waals surface area contributed by atoms with Crippen molar-refractivity contribution in [3.63, 3.8) is 0 Å². The second-order valence-corrected chi connectivity index (χ2v) is 6.63. The Kier molecular flexibility index (Phi) is 4.23. The maximum absolute atomic E-state index is 3.77. The average molecular weight is 243 g/mol. The van der Waals surface area contributed by atoms with Crippen LogP contribution in [0, 0.1) is 29.7 Å². The van der Waals surface area contributed by atoms with E-state index in [2.05, 4.69) is 24.3 Å².